The Morgan fingerprint density at radius 3 is 2.57 bits per heavy atom. The van der Waals surface area contributed by atoms with Crippen molar-refractivity contribution in [3.8, 4) is 0 Å². The summed E-state index contributed by atoms with van der Waals surface area (Å²) in [5, 5.41) is 0. The second-order valence-electron chi connectivity index (χ2n) is 1.23. The molecule has 40 valence electrons. The van der Waals surface area contributed by atoms with Crippen LogP contribution in [-0.2, 0) is 4.79 Å². The Labute approximate surface area is 43.3 Å². The number of rotatable bonds is 2. The molecule has 0 N–H and O–H groups in total. The fourth-order valence-electron chi connectivity index (χ4n) is 0.287. The summed E-state index contributed by atoms with van der Waals surface area (Å²) in [4.78, 5) is 13.6. The fourth-order valence-corrected chi connectivity index (χ4v) is 0.287. The maximum Gasteiger partial charge on any atom is 0.163 e. The molecule has 2 nitrogen and oxygen atoms in total. The minimum Gasteiger partial charge on any atom is -0.297 e. The first kappa shape index (κ1) is 6.34. The lowest BCUT2D eigenvalue weighted by Gasteiger charge is -1.80. The number of aldehydes is 1. The number of nitrogens with zero attached hydrogens (tertiary/aromatic N) is 1. The highest BCUT2D eigenvalue weighted by molar-refractivity contribution is 6.26. The predicted molar refractivity (Wildman–Crippen MR) is 29.7 cm³/mol. The Morgan fingerprint density at radius 1 is 1.86 bits per heavy atom. The molecule has 0 fully saturated rings. The number of aliphatic imine (C=N–C) groups is 1. The van der Waals surface area contributed by atoms with E-state index >= 15 is 0 Å². The Kier molecular flexibility index (Phi) is 3.19. The third-order valence-electron chi connectivity index (χ3n) is 0.578. The van der Waals surface area contributed by atoms with Crippen molar-refractivity contribution < 1.29 is 4.79 Å². The molecule has 0 spiro atoms. The van der Waals surface area contributed by atoms with Crippen molar-refractivity contribution in [3.05, 3.63) is 0 Å². The minimum absolute atomic E-state index is 0.572. The van der Waals surface area contributed by atoms with Crippen LogP contribution in [0.15, 0.2) is 4.99 Å². The van der Waals surface area contributed by atoms with Gasteiger partial charge in [-0.25, -0.2) is 0 Å². The van der Waals surface area contributed by atoms with E-state index in [1.54, 1.807) is 6.92 Å². The summed E-state index contributed by atoms with van der Waals surface area (Å²) in [7, 11) is 0. The van der Waals surface area contributed by atoms with E-state index in [0.717, 1.165) is 6.29 Å². The molecular formula is C5H9NO. The normalized spacial score (nSPS) is 11.4. The van der Waals surface area contributed by atoms with E-state index in [1.807, 2.05) is 6.92 Å². The third kappa shape index (κ3) is 3.16. The second kappa shape index (κ2) is 3.53. The predicted octanol–water partition coefficient (Wildman–Crippen LogP) is 0.666. The first-order valence-electron chi connectivity index (χ1n) is 2.27. The fraction of sp³-hybridized carbons (Fsp3) is 0.600. The van der Waals surface area contributed by atoms with Gasteiger partial charge in [0.25, 0.3) is 0 Å². The first-order valence-corrected chi connectivity index (χ1v) is 2.27. The Balaban J connectivity index is 3.49. The van der Waals surface area contributed by atoms with Crippen LogP contribution >= 0.6 is 0 Å². The summed E-state index contributed by atoms with van der Waals surface area (Å²) in [6.07, 6.45) is 0.753. The molecule has 0 rings (SSSR count). The molecule has 0 amide bonds. The second-order valence-corrected chi connectivity index (χ2v) is 1.23. The zero-order valence-corrected chi connectivity index (χ0v) is 4.64. The van der Waals surface area contributed by atoms with Gasteiger partial charge in [-0.15, -0.1) is 0 Å². The summed E-state index contributed by atoms with van der Waals surface area (Å²) in [5.41, 5.74) is 0.572. The van der Waals surface area contributed by atoms with E-state index in [0.29, 0.717) is 12.3 Å². The quantitative estimate of drug-likeness (QED) is 0.369. The van der Waals surface area contributed by atoms with E-state index in [-0.39, 0.29) is 0 Å². The zero-order valence-electron chi connectivity index (χ0n) is 4.64. The number of carbonyl (C=O) groups excluding carboxylic acids is 1. The van der Waals surface area contributed by atoms with Gasteiger partial charge in [0.15, 0.2) is 6.29 Å². The van der Waals surface area contributed by atoms with Crippen molar-refractivity contribution in [1.82, 2.24) is 0 Å². The molecular weight excluding hydrogens is 90.1 g/mol. The molecule has 0 atom stereocenters. The molecule has 0 aromatic carbocycles. The average molecular weight is 99.1 g/mol. The Bertz CT molecular complexity index is 86.1. The van der Waals surface area contributed by atoms with E-state index in [4.69, 9.17) is 0 Å². The maximum atomic E-state index is 9.76. The van der Waals surface area contributed by atoms with Crippen molar-refractivity contribution in [2.24, 2.45) is 4.99 Å². The van der Waals surface area contributed by atoms with Gasteiger partial charge in [-0.05, 0) is 13.8 Å². The van der Waals surface area contributed by atoms with Gasteiger partial charge in [0, 0.05) is 6.54 Å². The topological polar surface area (TPSA) is 29.4 Å². The van der Waals surface area contributed by atoms with Crippen molar-refractivity contribution >= 4 is 12.0 Å². The molecule has 0 aromatic rings. The van der Waals surface area contributed by atoms with Crippen LogP contribution in [0, 0.1) is 0 Å². The van der Waals surface area contributed by atoms with Crippen LogP contribution in [0.5, 0.6) is 0 Å². The van der Waals surface area contributed by atoms with E-state index < -0.39 is 0 Å². The maximum absolute atomic E-state index is 9.76. The highest BCUT2D eigenvalue weighted by Gasteiger charge is 1.78. The van der Waals surface area contributed by atoms with Crippen LogP contribution in [0.4, 0.5) is 0 Å². The van der Waals surface area contributed by atoms with Gasteiger partial charge < -0.3 is 0 Å². The molecule has 0 bridgehead atoms. The SMILES string of the molecule is CC/N=C(/C)C=O. The van der Waals surface area contributed by atoms with Crippen LogP contribution in [0.1, 0.15) is 13.8 Å². The summed E-state index contributed by atoms with van der Waals surface area (Å²) >= 11 is 0. The van der Waals surface area contributed by atoms with Gasteiger partial charge >= 0.3 is 0 Å². The molecule has 0 unspecified atom stereocenters. The standard InChI is InChI=1S/C5H9NO/c1-3-6-5(2)4-7/h4H,3H2,1-2H3/b6-5-. The van der Waals surface area contributed by atoms with Gasteiger partial charge in [-0.3, -0.25) is 9.79 Å². The summed E-state index contributed by atoms with van der Waals surface area (Å²) in [6.45, 7) is 4.29. The van der Waals surface area contributed by atoms with Crippen LogP contribution in [0.2, 0.25) is 0 Å². The third-order valence-corrected chi connectivity index (χ3v) is 0.578. The smallest absolute Gasteiger partial charge is 0.163 e. The van der Waals surface area contributed by atoms with E-state index in [9.17, 15) is 4.79 Å². The monoisotopic (exact) mass is 99.1 g/mol. The van der Waals surface area contributed by atoms with Crippen LogP contribution in [0.25, 0.3) is 0 Å². The zero-order chi connectivity index (χ0) is 5.70. The van der Waals surface area contributed by atoms with E-state index in [1.165, 1.54) is 0 Å². The lowest BCUT2D eigenvalue weighted by Crippen LogP contribution is -1.90. The minimum atomic E-state index is 0.572. The highest BCUT2D eigenvalue weighted by Crippen LogP contribution is 1.69. The molecule has 0 saturated carbocycles. The average Bonchev–Trinajstić information content (AvgIpc) is 1.68. The van der Waals surface area contributed by atoms with Gasteiger partial charge in [-0.1, -0.05) is 0 Å². The summed E-state index contributed by atoms with van der Waals surface area (Å²) in [6, 6.07) is 0. The van der Waals surface area contributed by atoms with Gasteiger partial charge in [-0.2, -0.15) is 0 Å². The van der Waals surface area contributed by atoms with Gasteiger partial charge in [0.1, 0.15) is 0 Å². The molecule has 0 aromatic heterocycles. The lowest BCUT2D eigenvalue weighted by molar-refractivity contribution is -0.102. The van der Waals surface area contributed by atoms with Crippen LogP contribution in [0.3, 0.4) is 0 Å². The number of hydrogen-bond acceptors (Lipinski definition) is 2. The Morgan fingerprint density at radius 2 is 2.43 bits per heavy atom. The van der Waals surface area contributed by atoms with E-state index in [2.05, 4.69) is 4.99 Å². The molecule has 0 aliphatic rings. The highest BCUT2D eigenvalue weighted by atomic mass is 16.1. The van der Waals surface area contributed by atoms with Crippen molar-refractivity contribution in [3.63, 3.8) is 0 Å². The first-order chi connectivity index (χ1) is 3.31. The summed E-state index contributed by atoms with van der Waals surface area (Å²) in [5.74, 6) is 0. The molecule has 0 heterocycles. The van der Waals surface area contributed by atoms with Crippen molar-refractivity contribution in [2.75, 3.05) is 6.54 Å². The Hall–Kier alpha value is -0.660. The molecule has 0 saturated heterocycles. The number of hydrogen-bond donors (Lipinski definition) is 0. The number of carbonyl (C=O) groups is 1. The van der Waals surface area contributed by atoms with Crippen molar-refractivity contribution in [2.45, 2.75) is 13.8 Å². The molecule has 0 radical (unpaired) electrons. The van der Waals surface area contributed by atoms with Crippen LogP contribution < -0.4 is 0 Å². The molecule has 2 heteroatoms. The lowest BCUT2D eigenvalue weighted by atomic mass is 10.5. The summed E-state index contributed by atoms with van der Waals surface area (Å²) < 4.78 is 0. The molecule has 0 aliphatic carbocycles. The molecule has 0 aliphatic heterocycles. The molecule has 7 heavy (non-hydrogen) atoms. The van der Waals surface area contributed by atoms with Crippen LogP contribution in [-0.4, -0.2) is 18.5 Å². The van der Waals surface area contributed by atoms with Crippen molar-refractivity contribution in [1.29, 1.82) is 0 Å². The van der Waals surface area contributed by atoms with Gasteiger partial charge in [0.05, 0.1) is 5.71 Å². The van der Waals surface area contributed by atoms with Gasteiger partial charge in [0.2, 0.25) is 0 Å². The largest absolute Gasteiger partial charge is 0.297 e.